The highest BCUT2D eigenvalue weighted by atomic mass is 35.5. The summed E-state index contributed by atoms with van der Waals surface area (Å²) >= 11 is 0. The predicted molar refractivity (Wildman–Crippen MR) is 94.3 cm³/mol. The van der Waals surface area contributed by atoms with Crippen molar-refractivity contribution in [3.63, 3.8) is 0 Å². The topological polar surface area (TPSA) is 73.3 Å². The van der Waals surface area contributed by atoms with Crippen LogP contribution in [-0.2, 0) is 4.79 Å². The van der Waals surface area contributed by atoms with Crippen LogP contribution in [0.2, 0.25) is 0 Å². The first kappa shape index (κ1) is 19.3. The van der Waals surface area contributed by atoms with Gasteiger partial charge < -0.3 is 14.8 Å². The number of carbonyl (C=O) groups excluding carboxylic acids is 1. The number of benzene rings is 2. The van der Waals surface area contributed by atoms with Crippen LogP contribution in [-0.4, -0.2) is 23.0 Å². The van der Waals surface area contributed by atoms with Crippen molar-refractivity contribution < 1.29 is 23.0 Å². The van der Waals surface area contributed by atoms with Crippen molar-refractivity contribution in [2.24, 2.45) is 0 Å². The molecule has 0 amide bonds. The lowest BCUT2D eigenvalue weighted by molar-refractivity contribution is -0.132. The fraction of sp³-hybridized carbons (Fsp3) is 0.118. The van der Waals surface area contributed by atoms with Gasteiger partial charge in [0, 0.05) is 18.4 Å². The smallest absolute Gasteiger partial charge is 0.308 e. The molecule has 0 bridgehead atoms. The average molecular weight is 382 g/mol. The minimum atomic E-state index is -1.03. The van der Waals surface area contributed by atoms with Crippen LogP contribution in [0, 0.1) is 11.6 Å². The molecule has 136 valence electrons. The molecule has 26 heavy (non-hydrogen) atoms. The van der Waals surface area contributed by atoms with Crippen LogP contribution in [0.5, 0.6) is 11.5 Å². The second-order valence-electron chi connectivity index (χ2n) is 5.06. The Balaban J connectivity index is 0.00000243. The number of anilines is 2. The largest absolute Gasteiger partial charge is 0.493 e. The summed E-state index contributed by atoms with van der Waals surface area (Å²) < 4.78 is 37.6. The SMILES string of the molecule is COc1cc2ncnc(Nc3cccc(F)c3F)c2cc1OC(C)=O.Cl. The lowest BCUT2D eigenvalue weighted by atomic mass is 10.2. The number of hydrogen-bond acceptors (Lipinski definition) is 6. The number of methoxy groups -OCH3 is 1. The Kier molecular flexibility index (Phi) is 5.89. The van der Waals surface area contributed by atoms with Gasteiger partial charge in [-0.3, -0.25) is 4.79 Å². The van der Waals surface area contributed by atoms with Gasteiger partial charge in [-0.15, -0.1) is 12.4 Å². The number of aromatic nitrogens is 2. The number of halogens is 3. The molecule has 0 fully saturated rings. The molecule has 0 unspecified atom stereocenters. The summed E-state index contributed by atoms with van der Waals surface area (Å²) in [5, 5.41) is 3.17. The average Bonchev–Trinajstić information content (AvgIpc) is 2.58. The highest BCUT2D eigenvalue weighted by molar-refractivity contribution is 5.93. The maximum atomic E-state index is 13.9. The van der Waals surface area contributed by atoms with Crippen LogP contribution >= 0.6 is 12.4 Å². The van der Waals surface area contributed by atoms with Crippen molar-refractivity contribution in [3.8, 4) is 11.5 Å². The van der Waals surface area contributed by atoms with Gasteiger partial charge >= 0.3 is 5.97 Å². The molecular weight excluding hydrogens is 368 g/mol. The Morgan fingerprint density at radius 1 is 1.15 bits per heavy atom. The molecule has 0 aliphatic rings. The number of fused-ring (bicyclic) bond motifs is 1. The number of carbonyl (C=O) groups is 1. The maximum Gasteiger partial charge on any atom is 0.308 e. The summed E-state index contributed by atoms with van der Waals surface area (Å²) in [6.07, 6.45) is 1.27. The third-order valence-corrected chi connectivity index (χ3v) is 3.38. The summed E-state index contributed by atoms with van der Waals surface area (Å²) in [4.78, 5) is 19.4. The van der Waals surface area contributed by atoms with E-state index in [0.29, 0.717) is 16.7 Å². The summed E-state index contributed by atoms with van der Waals surface area (Å²) in [6, 6.07) is 6.82. The third kappa shape index (κ3) is 3.80. The van der Waals surface area contributed by atoms with Crippen molar-refractivity contribution in [2.75, 3.05) is 12.4 Å². The zero-order valence-electron chi connectivity index (χ0n) is 13.7. The van der Waals surface area contributed by atoms with E-state index in [1.54, 1.807) is 6.07 Å². The molecule has 6 nitrogen and oxygen atoms in total. The van der Waals surface area contributed by atoms with Crippen LogP contribution in [0.1, 0.15) is 6.92 Å². The van der Waals surface area contributed by atoms with E-state index in [9.17, 15) is 13.6 Å². The molecule has 1 heterocycles. The number of nitrogens with zero attached hydrogens (tertiary/aromatic N) is 2. The van der Waals surface area contributed by atoms with Gasteiger partial charge in [-0.05, 0) is 18.2 Å². The van der Waals surface area contributed by atoms with Gasteiger partial charge in [0.2, 0.25) is 0 Å². The molecule has 0 spiro atoms. The first-order valence-electron chi connectivity index (χ1n) is 7.22. The molecular formula is C17H14ClF2N3O3. The molecule has 3 rings (SSSR count). The number of hydrogen-bond donors (Lipinski definition) is 1. The second-order valence-corrected chi connectivity index (χ2v) is 5.06. The number of ether oxygens (including phenoxy) is 2. The Bertz CT molecular complexity index is 969. The lowest BCUT2D eigenvalue weighted by Crippen LogP contribution is -2.04. The van der Waals surface area contributed by atoms with E-state index in [-0.39, 0.29) is 29.7 Å². The molecule has 0 atom stereocenters. The zero-order chi connectivity index (χ0) is 18.0. The number of esters is 1. The summed E-state index contributed by atoms with van der Waals surface area (Å²) in [5.41, 5.74) is 0.395. The molecule has 1 aromatic heterocycles. The van der Waals surface area contributed by atoms with E-state index in [1.807, 2.05) is 0 Å². The Morgan fingerprint density at radius 3 is 2.62 bits per heavy atom. The van der Waals surface area contributed by atoms with E-state index in [1.165, 1.54) is 38.6 Å². The van der Waals surface area contributed by atoms with Crippen LogP contribution in [0.3, 0.4) is 0 Å². The van der Waals surface area contributed by atoms with Gasteiger partial charge in [-0.25, -0.2) is 18.7 Å². The van der Waals surface area contributed by atoms with Crippen molar-refractivity contribution in [1.29, 1.82) is 0 Å². The van der Waals surface area contributed by atoms with Gasteiger partial charge in [0.1, 0.15) is 12.1 Å². The fourth-order valence-electron chi connectivity index (χ4n) is 2.29. The van der Waals surface area contributed by atoms with Crippen molar-refractivity contribution in [3.05, 3.63) is 48.3 Å². The summed E-state index contributed by atoms with van der Waals surface area (Å²) in [6.45, 7) is 1.26. The van der Waals surface area contributed by atoms with Crippen molar-refractivity contribution >= 4 is 40.8 Å². The molecule has 0 aliphatic heterocycles. The first-order valence-corrected chi connectivity index (χ1v) is 7.22. The van der Waals surface area contributed by atoms with Crippen LogP contribution < -0.4 is 14.8 Å². The standard InChI is InChI=1S/C17H13F2N3O3.ClH/c1-9(23)25-15-6-10-13(7-14(15)24-2)20-8-21-17(10)22-12-5-3-4-11(18)16(12)19;/h3-8H,1-2H3,(H,20,21,22);1H. The van der Waals surface area contributed by atoms with E-state index in [2.05, 4.69) is 15.3 Å². The van der Waals surface area contributed by atoms with Gasteiger partial charge in [0.05, 0.1) is 18.3 Å². The van der Waals surface area contributed by atoms with Gasteiger partial charge in [0.15, 0.2) is 23.1 Å². The number of nitrogens with one attached hydrogen (secondary N) is 1. The van der Waals surface area contributed by atoms with E-state index < -0.39 is 17.6 Å². The monoisotopic (exact) mass is 381 g/mol. The normalized spacial score (nSPS) is 10.2. The van der Waals surface area contributed by atoms with Crippen LogP contribution in [0.15, 0.2) is 36.7 Å². The molecule has 0 saturated carbocycles. The highest BCUT2D eigenvalue weighted by Crippen LogP contribution is 2.35. The van der Waals surface area contributed by atoms with E-state index >= 15 is 0 Å². The zero-order valence-corrected chi connectivity index (χ0v) is 14.6. The minimum Gasteiger partial charge on any atom is -0.493 e. The minimum absolute atomic E-state index is 0. The van der Waals surface area contributed by atoms with Gasteiger partial charge in [-0.1, -0.05) is 6.07 Å². The highest BCUT2D eigenvalue weighted by Gasteiger charge is 2.15. The molecule has 2 aromatic carbocycles. The second kappa shape index (κ2) is 7.92. The van der Waals surface area contributed by atoms with Gasteiger partial charge in [0.25, 0.3) is 0 Å². The van der Waals surface area contributed by atoms with Crippen molar-refractivity contribution in [2.45, 2.75) is 6.92 Å². The van der Waals surface area contributed by atoms with E-state index in [0.717, 1.165) is 6.07 Å². The molecule has 9 heteroatoms. The molecule has 0 radical (unpaired) electrons. The summed E-state index contributed by atoms with van der Waals surface area (Å²) in [5.74, 6) is -1.83. The Morgan fingerprint density at radius 2 is 1.92 bits per heavy atom. The fourth-order valence-corrected chi connectivity index (χ4v) is 2.29. The Labute approximate surface area is 153 Å². The lowest BCUT2D eigenvalue weighted by Gasteiger charge is -2.12. The van der Waals surface area contributed by atoms with Crippen LogP contribution in [0.4, 0.5) is 20.3 Å². The summed E-state index contributed by atoms with van der Waals surface area (Å²) in [7, 11) is 1.43. The van der Waals surface area contributed by atoms with E-state index in [4.69, 9.17) is 9.47 Å². The quantitative estimate of drug-likeness (QED) is 0.544. The maximum absolute atomic E-state index is 13.9. The van der Waals surface area contributed by atoms with Crippen molar-refractivity contribution in [1.82, 2.24) is 9.97 Å². The first-order chi connectivity index (χ1) is 12.0. The third-order valence-electron chi connectivity index (χ3n) is 3.38. The van der Waals surface area contributed by atoms with Crippen LogP contribution in [0.25, 0.3) is 10.9 Å². The van der Waals surface area contributed by atoms with Gasteiger partial charge in [-0.2, -0.15) is 0 Å². The number of rotatable bonds is 4. The molecule has 0 aliphatic carbocycles. The molecule has 3 aromatic rings. The predicted octanol–water partition coefficient (Wildman–Crippen LogP) is 4.01. The molecule has 0 saturated heterocycles. The Hall–Kier alpha value is -3.00. The molecule has 1 N–H and O–H groups in total.